The maximum atomic E-state index is 12.5. The molecule has 1 N–H and O–H groups in total. The van der Waals surface area contributed by atoms with Crippen molar-refractivity contribution < 1.29 is 27.8 Å². The summed E-state index contributed by atoms with van der Waals surface area (Å²) in [6.07, 6.45) is -4.64. The molecule has 0 atom stereocenters. The van der Waals surface area contributed by atoms with Crippen LogP contribution in [0.4, 0.5) is 13.2 Å². The molecule has 0 saturated heterocycles. The fraction of sp³-hybridized carbons (Fsp3) is 0.300. The molecule has 1 rings (SSSR count). The molecule has 0 heterocycles. The molecule has 16 heavy (non-hydrogen) atoms. The number of benzene rings is 1. The molecule has 88 valence electrons. The van der Waals surface area contributed by atoms with Crippen molar-refractivity contribution in [2.75, 3.05) is 7.11 Å². The minimum absolute atomic E-state index is 0.204. The molecule has 3 nitrogen and oxygen atoms in total. The van der Waals surface area contributed by atoms with E-state index in [-0.39, 0.29) is 5.56 Å². The number of methoxy groups -OCH3 is 1. The molecule has 0 fully saturated rings. The maximum Gasteiger partial charge on any atom is 0.420 e. The van der Waals surface area contributed by atoms with E-state index in [9.17, 15) is 23.1 Å². The largest absolute Gasteiger partial charge is 0.504 e. The first kappa shape index (κ1) is 12.4. The predicted octanol–water partition coefficient (Wildman–Crippen LogP) is 2.62. The molecule has 0 aromatic heterocycles. The number of aromatic hydroxyl groups is 1. The van der Waals surface area contributed by atoms with E-state index in [1.165, 1.54) is 0 Å². The highest BCUT2D eigenvalue weighted by atomic mass is 19.4. The molecular weight excluding hydrogens is 225 g/mol. The van der Waals surface area contributed by atoms with Crippen LogP contribution in [0.1, 0.15) is 22.8 Å². The topological polar surface area (TPSA) is 46.5 Å². The zero-order valence-corrected chi connectivity index (χ0v) is 8.55. The van der Waals surface area contributed by atoms with Crippen LogP contribution in [0.25, 0.3) is 0 Å². The van der Waals surface area contributed by atoms with Crippen LogP contribution in [0.15, 0.2) is 12.1 Å². The normalized spacial score (nSPS) is 11.3. The van der Waals surface area contributed by atoms with Gasteiger partial charge >= 0.3 is 6.18 Å². The van der Waals surface area contributed by atoms with Gasteiger partial charge in [-0.3, -0.25) is 4.79 Å². The number of hydrogen-bond acceptors (Lipinski definition) is 3. The van der Waals surface area contributed by atoms with Crippen LogP contribution in [-0.4, -0.2) is 18.0 Å². The average molecular weight is 234 g/mol. The van der Waals surface area contributed by atoms with Crippen molar-refractivity contribution in [3.63, 3.8) is 0 Å². The lowest BCUT2D eigenvalue weighted by molar-refractivity contribution is -0.138. The van der Waals surface area contributed by atoms with Gasteiger partial charge in [0, 0.05) is 0 Å². The SMILES string of the molecule is COc1c(C(F)(F)F)ccc(C(C)=O)c1O. The number of carbonyl (C=O) groups is 1. The highest BCUT2D eigenvalue weighted by molar-refractivity contribution is 5.97. The van der Waals surface area contributed by atoms with E-state index in [0.29, 0.717) is 6.07 Å². The molecule has 1 aromatic carbocycles. The number of Topliss-reactive ketones (excluding diaryl/α,β-unsaturated/α-hetero) is 1. The minimum atomic E-state index is -4.64. The van der Waals surface area contributed by atoms with Crippen LogP contribution in [0.2, 0.25) is 0 Å². The summed E-state index contributed by atoms with van der Waals surface area (Å²) in [5.41, 5.74) is -1.32. The van der Waals surface area contributed by atoms with Crippen LogP contribution < -0.4 is 4.74 Å². The molecule has 0 amide bonds. The monoisotopic (exact) mass is 234 g/mol. The second-order valence-electron chi connectivity index (χ2n) is 3.10. The summed E-state index contributed by atoms with van der Waals surface area (Å²) in [5.74, 6) is -2.06. The van der Waals surface area contributed by atoms with Gasteiger partial charge < -0.3 is 9.84 Å². The summed E-state index contributed by atoms with van der Waals surface area (Å²) in [4.78, 5) is 11.0. The number of carbonyl (C=O) groups excluding carboxylic acids is 1. The summed E-state index contributed by atoms with van der Waals surface area (Å²) < 4.78 is 41.9. The molecular formula is C10H9F3O3. The number of hydrogen-bond donors (Lipinski definition) is 1. The van der Waals surface area contributed by atoms with E-state index < -0.39 is 29.0 Å². The van der Waals surface area contributed by atoms with Gasteiger partial charge in [0.25, 0.3) is 0 Å². The van der Waals surface area contributed by atoms with E-state index in [2.05, 4.69) is 4.74 Å². The lowest BCUT2D eigenvalue weighted by Crippen LogP contribution is -2.09. The van der Waals surface area contributed by atoms with Crippen LogP contribution in [0.5, 0.6) is 11.5 Å². The average Bonchev–Trinajstić information content (AvgIpc) is 2.15. The molecule has 0 aliphatic heterocycles. The smallest absolute Gasteiger partial charge is 0.420 e. The van der Waals surface area contributed by atoms with Crippen molar-refractivity contribution in [1.82, 2.24) is 0 Å². The van der Waals surface area contributed by atoms with Gasteiger partial charge in [-0.05, 0) is 19.1 Å². The van der Waals surface area contributed by atoms with Crippen LogP contribution in [0.3, 0.4) is 0 Å². The molecule has 0 unspecified atom stereocenters. The van der Waals surface area contributed by atoms with Crippen molar-refractivity contribution in [1.29, 1.82) is 0 Å². The number of alkyl halides is 3. The second-order valence-corrected chi connectivity index (χ2v) is 3.10. The van der Waals surface area contributed by atoms with Crippen molar-refractivity contribution in [3.8, 4) is 11.5 Å². The zero-order valence-electron chi connectivity index (χ0n) is 8.55. The Morgan fingerprint density at radius 3 is 2.31 bits per heavy atom. The second kappa shape index (κ2) is 4.03. The van der Waals surface area contributed by atoms with Gasteiger partial charge in [0.1, 0.15) is 5.56 Å². The number of rotatable bonds is 2. The van der Waals surface area contributed by atoms with Gasteiger partial charge in [0.15, 0.2) is 17.3 Å². The predicted molar refractivity (Wildman–Crippen MR) is 49.7 cm³/mol. The first-order chi connectivity index (χ1) is 7.29. The van der Waals surface area contributed by atoms with Gasteiger partial charge in [-0.15, -0.1) is 0 Å². The zero-order chi connectivity index (χ0) is 12.5. The minimum Gasteiger partial charge on any atom is -0.504 e. The van der Waals surface area contributed by atoms with Gasteiger partial charge in [-0.1, -0.05) is 0 Å². The molecule has 0 aliphatic carbocycles. The lowest BCUT2D eigenvalue weighted by atomic mass is 10.1. The Morgan fingerprint density at radius 2 is 1.94 bits per heavy atom. The number of phenolic OH excluding ortho intramolecular Hbond substituents is 1. The number of ketones is 1. The lowest BCUT2D eigenvalue weighted by Gasteiger charge is -2.14. The van der Waals surface area contributed by atoms with Crippen molar-refractivity contribution in [2.24, 2.45) is 0 Å². The number of phenols is 1. The summed E-state index contributed by atoms with van der Waals surface area (Å²) in [5, 5.41) is 9.46. The van der Waals surface area contributed by atoms with Gasteiger partial charge in [-0.2, -0.15) is 13.2 Å². The Morgan fingerprint density at radius 1 is 1.38 bits per heavy atom. The Labute approximate surface area is 89.5 Å². The van der Waals surface area contributed by atoms with Gasteiger partial charge in [0.05, 0.1) is 12.7 Å². The van der Waals surface area contributed by atoms with E-state index in [4.69, 9.17) is 0 Å². The Kier molecular flexibility index (Phi) is 3.11. The highest BCUT2D eigenvalue weighted by Gasteiger charge is 2.36. The number of halogens is 3. The first-order valence-electron chi connectivity index (χ1n) is 4.27. The fourth-order valence-electron chi connectivity index (χ4n) is 1.29. The van der Waals surface area contributed by atoms with E-state index in [1.807, 2.05) is 0 Å². The first-order valence-corrected chi connectivity index (χ1v) is 4.27. The van der Waals surface area contributed by atoms with Crippen LogP contribution in [0, 0.1) is 0 Å². The molecule has 0 bridgehead atoms. The van der Waals surface area contributed by atoms with Crippen LogP contribution in [-0.2, 0) is 6.18 Å². The standard InChI is InChI=1S/C10H9F3O3/c1-5(14)6-3-4-7(10(11,12)13)9(16-2)8(6)15/h3-4,15H,1-2H3. The van der Waals surface area contributed by atoms with E-state index in [0.717, 1.165) is 20.1 Å². The third-order valence-electron chi connectivity index (χ3n) is 2.02. The van der Waals surface area contributed by atoms with Gasteiger partial charge in [-0.25, -0.2) is 0 Å². The molecule has 0 radical (unpaired) electrons. The Bertz CT molecular complexity index is 424. The van der Waals surface area contributed by atoms with E-state index in [1.54, 1.807) is 0 Å². The van der Waals surface area contributed by atoms with E-state index >= 15 is 0 Å². The van der Waals surface area contributed by atoms with Crippen LogP contribution >= 0.6 is 0 Å². The summed E-state index contributed by atoms with van der Waals surface area (Å²) in [6.45, 7) is 1.14. The third-order valence-corrected chi connectivity index (χ3v) is 2.02. The quantitative estimate of drug-likeness (QED) is 0.800. The third kappa shape index (κ3) is 2.10. The fourth-order valence-corrected chi connectivity index (χ4v) is 1.29. The highest BCUT2D eigenvalue weighted by Crippen LogP contribution is 2.42. The Balaban J connectivity index is 3.47. The van der Waals surface area contributed by atoms with Crippen molar-refractivity contribution >= 4 is 5.78 Å². The maximum absolute atomic E-state index is 12.5. The number of ether oxygens (including phenoxy) is 1. The molecule has 1 aromatic rings. The summed E-state index contributed by atoms with van der Waals surface area (Å²) in [7, 11) is 0.994. The Hall–Kier alpha value is -1.72. The molecule has 0 aliphatic rings. The summed E-state index contributed by atoms with van der Waals surface area (Å²) in [6, 6.07) is 1.62. The van der Waals surface area contributed by atoms with Crippen molar-refractivity contribution in [3.05, 3.63) is 23.3 Å². The molecule has 0 spiro atoms. The van der Waals surface area contributed by atoms with Crippen molar-refractivity contribution in [2.45, 2.75) is 13.1 Å². The molecule has 0 saturated carbocycles. The molecule has 6 heteroatoms. The van der Waals surface area contributed by atoms with Gasteiger partial charge in [0.2, 0.25) is 0 Å². The summed E-state index contributed by atoms with van der Waals surface area (Å²) >= 11 is 0.